The molecule has 2 rings (SSSR count). The van der Waals surface area contributed by atoms with E-state index in [0.29, 0.717) is 11.5 Å². The molecule has 0 spiro atoms. The van der Waals surface area contributed by atoms with Gasteiger partial charge in [-0.1, -0.05) is 19.3 Å². The minimum Gasteiger partial charge on any atom is -0.392 e. The maximum atomic E-state index is 10.8. The normalized spacial score (nSPS) is 16.1. The molecule has 0 aromatic heterocycles. The van der Waals surface area contributed by atoms with Crippen LogP contribution in [0.2, 0.25) is 0 Å². The predicted octanol–water partition coefficient (Wildman–Crippen LogP) is 3.10. The first-order valence-electron chi connectivity index (χ1n) is 7.21. The number of benzene rings is 1. The van der Waals surface area contributed by atoms with Gasteiger partial charge in [-0.3, -0.25) is 10.1 Å². The fraction of sp³-hybridized carbons (Fsp3) is 0.600. The average molecular weight is 278 g/mol. The van der Waals surface area contributed by atoms with Crippen LogP contribution < -0.4 is 4.90 Å². The standard InChI is InChI=1S/C15H22N2O3/c1-16(10-12-5-3-2-4-6-12)15-8-7-14(17(19)20)9-13(15)11-18/h7-9,12,18H,2-6,10-11H2,1H3. The van der Waals surface area contributed by atoms with Crippen molar-refractivity contribution < 1.29 is 10.0 Å². The Balaban J connectivity index is 2.11. The van der Waals surface area contributed by atoms with E-state index in [4.69, 9.17) is 0 Å². The van der Waals surface area contributed by atoms with Crippen LogP contribution in [0.1, 0.15) is 37.7 Å². The molecule has 1 aromatic rings. The Hall–Kier alpha value is -1.62. The fourth-order valence-electron chi connectivity index (χ4n) is 3.04. The average Bonchev–Trinajstić information content (AvgIpc) is 2.47. The van der Waals surface area contributed by atoms with Crippen LogP contribution in [0.15, 0.2) is 18.2 Å². The van der Waals surface area contributed by atoms with Crippen LogP contribution in [0.3, 0.4) is 0 Å². The van der Waals surface area contributed by atoms with E-state index in [9.17, 15) is 15.2 Å². The van der Waals surface area contributed by atoms with Gasteiger partial charge in [-0.2, -0.15) is 0 Å². The van der Waals surface area contributed by atoms with Crippen LogP contribution >= 0.6 is 0 Å². The van der Waals surface area contributed by atoms with Gasteiger partial charge < -0.3 is 10.0 Å². The summed E-state index contributed by atoms with van der Waals surface area (Å²) in [5.74, 6) is 0.690. The van der Waals surface area contributed by atoms with Crippen LogP contribution in [0.5, 0.6) is 0 Å². The molecule has 110 valence electrons. The molecule has 1 aliphatic carbocycles. The van der Waals surface area contributed by atoms with Gasteiger partial charge in [0.25, 0.3) is 5.69 Å². The molecule has 5 heteroatoms. The summed E-state index contributed by atoms with van der Waals surface area (Å²) in [7, 11) is 1.99. The molecule has 0 unspecified atom stereocenters. The Morgan fingerprint density at radius 1 is 1.35 bits per heavy atom. The molecule has 1 fully saturated rings. The summed E-state index contributed by atoms with van der Waals surface area (Å²) in [4.78, 5) is 12.5. The summed E-state index contributed by atoms with van der Waals surface area (Å²) >= 11 is 0. The number of aliphatic hydroxyl groups is 1. The highest BCUT2D eigenvalue weighted by molar-refractivity contribution is 5.57. The highest BCUT2D eigenvalue weighted by atomic mass is 16.6. The van der Waals surface area contributed by atoms with Crippen LogP contribution in [0, 0.1) is 16.0 Å². The molecule has 0 atom stereocenters. The molecule has 1 saturated carbocycles. The van der Waals surface area contributed by atoms with Gasteiger partial charge in [0.05, 0.1) is 11.5 Å². The number of nitro groups is 1. The molecule has 0 aliphatic heterocycles. The molecule has 1 aliphatic rings. The first kappa shape index (κ1) is 14.8. The van der Waals surface area contributed by atoms with Gasteiger partial charge in [0.2, 0.25) is 0 Å². The number of hydrogen-bond donors (Lipinski definition) is 1. The molecule has 1 aromatic carbocycles. The number of nitrogens with zero attached hydrogens (tertiary/aromatic N) is 2. The van der Waals surface area contributed by atoms with Gasteiger partial charge in [0, 0.05) is 37.0 Å². The molecular formula is C15H22N2O3. The van der Waals surface area contributed by atoms with Crippen molar-refractivity contribution in [1.82, 2.24) is 0 Å². The monoisotopic (exact) mass is 278 g/mol. The Morgan fingerprint density at radius 3 is 2.65 bits per heavy atom. The summed E-state index contributed by atoms with van der Waals surface area (Å²) in [6.45, 7) is 0.775. The van der Waals surface area contributed by atoms with E-state index >= 15 is 0 Å². The Bertz CT molecular complexity index is 470. The molecule has 5 nitrogen and oxygen atoms in total. The minimum atomic E-state index is -0.427. The Labute approximate surface area is 119 Å². The Kier molecular flexibility index (Phi) is 4.95. The smallest absolute Gasteiger partial charge is 0.269 e. The number of non-ortho nitro benzene ring substituents is 1. The van der Waals surface area contributed by atoms with E-state index in [1.807, 2.05) is 7.05 Å². The van der Waals surface area contributed by atoms with Gasteiger partial charge in [-0.15, -0.1) is 0 Å². The Morgan fingerprint density at radius 2 is 2.05 bits per heavy atom. The first-order valence-corrected chi connectivity index (χ1v) is 7.21. The molecular weight excluding hydrogens is 256 g/mol. The lowest BCUT2D eigenvalue weighted by Crippen LogP contribution is -2.27. The zero-order chi connectivity index (χ0) is 14.5. The van der Waals surface area contributed by atoms with Crippen molar-refractivity contribution in [2.45, 2.75) is 38.7 Å². The minimum absolute atomic E-state index is 0.0314. The van der Waals surface area contributed by atoms with Crippen molar-refractivity contribution in [2.24, 2.45) is 5.92 Å². The number of anilines is 1. The van der Waals surface area contributed by atoms with Crippen molar-refractivity contribution >= 4 is 11.4 Å². The number of aliphatic hydroxyl groups excluding tert-OH is 1. The zero-order valence-electron chi connectivity index (χ0n) is 11.9. The van der Waals surface area contributed by atoms with E-state index in [1.165, 1.54) is 44.2 Å². The van der Waals surface area contributed by atoms with Crippen molar-refractivity contribution in [1.29, 1.82) is 0 Å². The van der Waals surface area contributed by atoms with Gasteiger partial charge in [-0.25, -0.2) is 0 Å². The third kappa shape index (κ3) is 3.48. The van der Waals surface area contributed by atoms with Crippen LogP contribution in [0.4, 0.5) is 11.4 Å². The van der Waals surface area contributed by atoms with E-state index in [-0.39, 0.29) is 12.3 Å². The lowest BCUT2D eigenvalue weighted by Gasteiger charge is -2.29. The highest BCUT2D eigenvalue weighted by Gasteiger charge is 2.18. The maximum Gasteiger partial charge on any atom is 0.269 e. The molecule has 0 amide bonds. The van der Waals surface area contributed by atoms with Gasteiger partial charge in [-0.05, 0) is 24.8 Å². The summed E-state index contributed by atoms with van der Waals surface area (Å²) in [6, 6.07) is 4.71. The summed E-state index contributed by atoms with van der Waals surface area (Å²) in [5.41, 5.74) is 1.55. The molecule has 0 radical (unpaired) electrons. The molecule has 20 heavy (non-hydrogen) atoms. The van der Waals surface area contributed by atoms with E-state index in [1.54, 1.807) is 6.07 Å². The second kappa shape index (κ2) is 6.70. The maximum absolute atomic E-state index is 10.8. The van der Waals surface area contributed by atoms with Crippen LogP contribution in [0.25, 0.3) is 0 Å². The third-order valence-electron chi connectivity index (χ3n) is 4.11. The topological polar surface area (TPSA) is 66.6 Å². The van der Waals surface area contributed by atoms with Gasteiger partial charge in [0.1, 0.15) is 0 Å². The number of nitro benzene ring substituents is 1. The summed E-state index contributed by atoms with van der Waals surface area (Å²) < 4.78 is 0. The second-order valence-corrected chi connectivity index (χ2v) is 5.61. The van der Waals surface area contributed by atoms with Crippen molar-refractivity contribution in [3.05, 3.63) is 33.9 Å². The lowest BCUT2D eigenvalue weighted by atomic mass is 9.89. The van der Waals surface area contributed by atoms with Crippen molar-refractivity contribution in [2.75, 3.05) is 18.5 Å². The lowest BCUT2D eigenvalue weighted by molar-refractivity contribution is -0.384. The van der Waals surface area contributed by atoms with E-state index < -0.39 is 4.92 Å². The molecule has 0 heterocycles. The predicted molar refractivity (Wildman–Crippen MR) is 78.9 cm³/mol. The second-order valence-electron chi connectivity index (χ2n) is 5.61. The van der Waals surface area contributed by atoms with Crippen LogP contribution in [-0.2, 0) is 6.61 Å². The number of rotatable bonds is 5. The first-order chi connectivity index (χ1) is 9.61. The van der Waals surface area contributed by atoms with Gasteiger partial charge in [0.15, 0.2) is 0 Å². The quantitative estimate of drug-likeness (QED) is 0.664. The summed E-state index contributed by atoms with van der Waals surface area (Å²) in [5, 5.41) is 20.2. The van der Waals surface area contributed by atoms with Gasteiger partial charge >= 0.3 is 0 Å². The zero-order valence-corrected chi connectivity index (χ0v) is 11.9. The largest absolute Gasteiger partial charge is 0.392 e. The van der Waals surface area contributed by atoms with Crippen LogP contribution in [-0.4, -0.2) is 23.6 Å². The molecule has 1 N–H and O–H groups in total. The fourth-order valence-corrected chi connectivity index (χ4v) is 3.04. The SMILES string of the molecule is CN(CC1CCCCC1)c1ccc([N+](=O)[O-])cc1CO. The third-order valence-corrected chi connectivity index (χ3v) is 4.11. The van der Waals surface area contributed by atoms with E-state index in [2.05, 4.69) is 4.90 Å². The number of hydrogen-bond acceptors (Lipinski definition) is 4. The van der Waals surface area contributed by atoms with Crippen molar-refractivity contribution in [3.63, 3.8) is 0 Å². The van der Waals surface area contributed by atoms with E-state index in [0.717, 1.165) is 12.2 Å². The molecule has 0 bridgehead atoms. The highest BCUT2D eigenvalue weighted by Crippen LogP contribution is 2.29. The molecule has 0 saturated heterocycles. The van der Waals surface area contributed by atoms with Crippen molar-refractivity contribution in [3.8, 4) is 0 Å². The summed E-state index contributed by atoms with van der Waals surface area (Å²) in [6.07, 6.45) is 6.44.